The van der Waals surface area contributed by atoms with E-state index in [1.54, 1.807) is 0 Å². The maximum Gasteiger partial charge on any atom is 0.120 e. The summed E-state index contributed by atoms with van der Waals surface area (Å²) in [7, 11) is 0. The molecule has 0 aromatic heterocycles. The highest BCUT2D eigenvalue weighted by Crippen LogP contribution is 2.61. The Morgan fingerprint density at radius 3 is 0.667 bits per heavy atom. The van der Waals surface area contributed by atoms with Crippen LogP contribution in [0.3, 0.4) is 0 Å². The average molecular weight is 775 g/mol. The van der Waals surface area contributed by atoms with Gasteiger partial charge in [0.15, 0.2) is 0 Å². The molecular formula is C54H78O3. The highest BCUT2D eigenvalue weighted by Gasteiger charge is 2.59. The Morgan fingerprint density at radius 2 is 0.474 bits per heavy atom. The molecule has 0 saturated carbocycles. The fourth-order valence-corrected chi connectivity index (χ4v) is 9.52. The van der Waals surface area contributed by atoms with Crippen LogP contribution in [0.25, 0.3) is 0 Å². The van der Waals surface area contributed by atoms with Crippen molar-refractivity contribution in [2.24, 2.45) is 16.2 Å². The summed E-state index contributed by atoms with van der Waals surface area (Å²) in [6.07, 6.45) is 0. The van der Waals surface area contributed by atoms with Gasteiger partial charge < -0.3 is 15.3 Å². The fraction of sp³-hybridized carbons (Fsp3) is 0.556. The predicted octanol–water partition coefficient (Wildman–Crippen LogP) is 13.4. The summed E-state index contributed by atoms with van der Waals surface area (Å²) in [5.74, 6) is 0. The third-order valence-electron chi connectivity index (χ3n) is 13.1. The third kappa shape index (κ3) is 7.49. The molecule has 3 unspecified atom stereocenters. The van der Waals surface area contributed by atoms with E-state index in [0.29, 0.717) is 16.7 Å². The van der Waals surface area contributed by atoms with Crippen molar-refractivity contribution >= 4 is 0 Å². The molecule has 4 rings (SSSR count). The Kier molecular flexibility index (Phi) is 11.8. The standard InChI is InChI=1S/C54H78O3/c1-34-35(2)43(52(55,49(13,14)15)40-31-25-22-28-37(40)46(4,5)6)45(54(57,51(19,20)21)42-33-27-24-30-39(42)48(10,11)12)44(36(34)3)53(56,50(16,17)18)41-32-26-23-29-38(41)47(7,8)9/h22-33,55-57H,1-21H3. The second-order valence-corrected chi connectivity index (χ2v) is 23.3. The smallest absolute Gasteiger partial charge is 0.120 e. The lowest BCUT2D eigenvalue weighted by atomic mass is 9.53. The van der Waals surface area contributed by atoms with E-state index in [1.165, 1.54) is 0 Å². The Balaban J connectivity index is 2.64. The molecule has 0 bridgehead atoms. The third-order valence-corrected chi connectivity index (χ3v) is 13.1. The summed E-state index contributed by atoms with van der Waals surface area (Å²) >= 11 is 0. The maximum atomic E-state index is 14.7. The van der Waals surface area contributed by atoms with Crippen molar-refractivity contribution in [2.75, 3.05) is 0 Å². The van der Waals surface area contributed by atoms with Gasteiger partial charge in [0, 0.05) is 5.56 Å². The first-order chi connectivity index (χ1) is 25.5. The zero-order valence-electron chi connectivity index (χ0n) is 39.8. The van der Waals surface area contributed by atoms with E-state index in [0.717, 1.165) is 50.1 Å². The number of hydrogen-bond donors (Lipinski definition) is 3. The van der Waals surface area contributed by atoms with Gasteiger partial charge in [0.2, 0.25) is 0 Å². The molecule has 57 heavy (non-hydrogen) atoms. The summed E-state index contributed by atoms with van der Waals surface area (Å²) < 4.78 is 0. The molecule has 0 amide bonds. The van der Waals surface area contributed by atoms with E-state index in [4.69, 9.17) is 0 Å². The average Bonchev–Trinajstić information content (AvgIpc) is 3.07. The Bertz CT molecular complexity index is 2000. The molecule has 4 aromatic carbocycles. The van der Waals surface area contributed by atoms with Crippen LogP contribution in [0, 0.1) is 37.0 Å². The Hall–Kier alpha value is -3.24. The van der Waals surface area contributed by atoms with Crippen molar-refractivity contribution in [3.8, 4) is 0 Å². The van der Waals surface area contributed by atoms with E-state index in [1.807, 2.05) is 18.2 Å². The van der Waals surface area contributed by atoms with Crippen molar-refractivity contribution < 1.29 is 15.3 Å². The van der Waals surface area contributed by atoms with Crippen molar-refractivity contribution in [1.82, 2.24) is 0 Å². The van der Waals surface area contributed by atoms with Crippen LogP contribution in [0.5, 0.6) is 0 Å². The molecule has 0 aliphatic heterocycles. The van der Waals surface area contributed by atoms with Crippen molar-refractivity contribution in [3.05, 3.63) is 140 Å². The van der Waals surface area contributed by atoms with Gasteiger partial charge in [-0.2, -0.15) is 0 Å². The lowest BCUT2D eigenvalue weighted by Gasteiger charge is -2.54. The number of hydrogen-bond acceptors (Lipinski definition) is 3. The molecular weight excluding hydrogens is 697 g/mol. The van der Waals surface area contributed by atoms with Gasteiger partial charge in [0.1, 0.15) is 16.8 Å². The van der Waals surface area contributed by atoms with Gasteiger partial charge in [0.05, 0.1) is 0 Å². The highest BCUT2D eigenvalue weighted by molar-refractivity contribution is 5.66. The van der Waals surface area contributed by atoms with Crippen LogP contribution in [-0.2, 0) is 33.0 Å². The summed E-state index contributed by atoms with van der Waals surface area (Å²) in [5.41, 5.74) is 1.69. The van der Waals surface area contributed by atoms with E-state index in [9.17, 15) is 15.3 Å². The topological polar surface area (TPSA) is 60.7 Å². The van der Waals surface area contributed by atoms with Crippen molar-refractivity contribution in [1.29, 1.82) is 0 Å². The molecule has 0 fully saturated rings. The number of aliphatic hydroxyl groups is 3. The summed E-state index contributed by atoms with van der Waals surface area (Å²) in [6, 6.07) is 24.9. The monoisotopic (exact) mass is 775 g/mol. The molecule has 0 aliphatic carbocycles. The minimum absolute atomic E-state index is 0.316. The van der Waals surface area contributed by atoms with E-state index in [2.05, 4.69) is 200 Å². The normalized spacial score (nSPS) is 16.8. The largest absolute Gasteiger partial charge is 0.380 e. The lowest BCUT2D eigenvalue weighted by Crippen LogP contribution is -2.53. The van der Waals surface area contributed by atoms with Gasteiger partial charge in [0.25, 0.3) is 0 Å². The zero-order valence-corrected chi connectivity index (χ0v) is 39.8. The predicted molar refractivity (Wildman–Crippen MR) is 243 cm³/mol. The molecule has 312 valence electrons. The molecule has 0 aliphatic rings. The van der Waals surface area contributed by atoms with Gasteiger partial charge >= 0.3 is 0 Å². The van der Waals surface area contributed by atoms with Gasteiger partial charge in [-0.05, 0) is 114 Å². The Morgan fingerprint density at radius 1 is 0.281 bits per heavy atom. The van der Waals surface area contributed by atoms with Crippen LogP contribution in [-0.4, -0.2) is 15.3 Å². The van der Waals surface area contributed by atoms with Gasteiger partial charge in [-0.15, -0.1) is 0 Å². The fourth-order valence-electron chi connectivity index (χ4n) is 9.52. The summed E-state index contributed by atoms with van der Waals surface area (Å²) in [6.45, 7) is 45.0. The minimum Gasteiger partial charge on any atom is -0.380 e. The molecule has 3 atom stereocenters. The molecule has 4 aromatic rings. The van der Waals surface area contributed by atoms with Crippen LogP contribution in [0.15, 0.2) is 72.8 Å². The van der Waals surface area contributed by atoms with Crippen LogP contribution in [0.2, 0.25) is 0 Å². The molecule has 0 spiro atoms. The number of rotatable bonds is 6. The second-order valence-electron chi connectivity index (χ2n) is 23.3. The maximum absolute atomic E-state index is 14.7. The van der Waals surface area contributed by atoms with E-state index < -0.39 is 33.0 Å². The highest BCUT2D eigenvalue weighted by atomic mass is 16.3. The first kappa shape index (κ1) is 46.4. The summed E-state index contributed by atoms with van der Waals surface area (Å²) in [5, 5.41) is 43.7. The van der Waals surface area contributed by atoms with Crippen LogP contribution in [0.1, 0.15) is 191 Å². The van der Waals surface area contributed by atoms with Crippen LogP contribution >= 0.6 is 0 Å². The van der Waals surface area contributed by atoms with Crippen LogP contribution < -0.4 is 0 Å². The SMILES string of the molecule is Cc1c(C)c(C(O)(c2ccccc2C(C)(C)C)C(C)(C)C)c(C(O)(c2ccccc2C(C)(C)C)C(C)(C)C)c(C(O)(c2ccccc2C(C)(C)C)C(C)(C)C)c1C. The van der Waals surface area contributed by atoms with Crippen LogP contribution in [0.4, 0.5) is 0 Å². The van der Waals surface area contributed by atoms with Gasteiger partial charge in [-0.3, -0.25) is 0 Å². The lowest BCUT2D eigenvalue weighted by molar-refractivity contribution is -0.0620. The molecule has 0 heterocycles. The van der Waals surface area contributed by atoms with E-state index >= 15 is 0 Å². The Labute approximate surface area is 348 Å². The van der Waals surface area contributed by atoms with Crippen molar-refractivity contribution in [2.45, 2.75) is 178 Å². The molecule has 3 nitrogen and oxygen atoms in total. The number of benzene rings is 4. The van der Waals surface area contributed by atoms with Gasteiger partial charge in [-0.25, -0.2) is 0 Å². The second kappa shape index (κ2) is 14.5. The quantitative estimate of drug-likeness (QED) is 0.183. The first-order valence-corrected chi connectivity index (χ1v) is 21.2. The molecule has 0 radical (unpaired) electrons. The molecule has 0 saturated heterocycles. The summed E-state index contributed by atoms with van der Waals surface area (Å²) in [4.78, 5) is 0. The molecule has 3 N–H and O–H groups in total. The van der Waals surface area contributed by atoms with E-state index in [-0.39, 0.29) is 16.2 Å². The van der Waals surface area contributed by atoms with Gasteiger partial charge in [-0.1, -0.05) is 197 Å². The minimum atomic E-state index is -1.74. The molecule has 3 heteroatoms. The first-order valence-electron chi connectivity index (χ1n) is 21.2. The van der Waals surface area contributed by atoms with Crippen molar-refractivity contribution in [3.63, 3.8) is 0 Å². The zero-order chi connectivity index (χ0) is 43.9.